The second-order valence-corrected chi connectivity index (χ2v) is 3.85. The molecule has 0 bridgehead atoms. The van der Waals surface area contributed by atoms with E-state index >= 15 is 0 Å². The fraction of sp³-hybridized carbons (Fsp3) is 0.214. The van der Waals surface area contributed by atoms with Crippen LogP contribution in [-0.2, 0) is 0 Å². The lowest BCUT2D eigenvalue weighted by atomic mass is 10.0. The van der Waals surface area contributed by atoms with Crippen LogP contribution < -0.4 is 10.5 Å². The average molecular weight is 246 g/mol. The van der Waals surface area contributed by atoms with Gasteiger partial charge in [-0.15, -0.1) is 0 Å². The van der Waals surface area contributed by atoms with E-state index in [0.29, 0.717) is 12.3 Å². The molecule has 2 rings (SSSR count). The van der Waals surface area contributed by atoms with Crippen LogP contribution in [0.3, 0.4) is 0 Å². The SMILES string of the molecule is CCOc1ccccc1C(N)c1ccc(F)cn1. The summed E-state index contributed by atoms with van der Waals surface area (Å²) in [5.74, 6) is 0.364. The molecule has 0 saturated carbocycles. The van der Waals surface area contributed by atoms with E-state index in [-0.39, 0.29) is 5.82 Å². The van der Waals surface area contributed by atoms with Crippen molar-refractivity contribution >= 4 is 0 Å². The van der Waals surface area contributed by atoms with Crippen LogP contribution in [0.25, 0.3) is 0 Å². The molecule has 1 heterocycles. The largest absolute Gasteiger partial charge is 0.494 e. The predicted molar refractivity (Wildman–Crippen MR) is 67.8 cm³/mol. The maximum absolute atomic E-state index is 12.8. The van der Waals surface area contributed by atoms with E-state index in [2.05, 4.69) is 4.98 Å². The topological polar surface area (TPSA) is 48.1 Å². The first-order valence-corrected chi connectivity index (χ1v) is 5.81. The Bertz CT molecular complexity index is 513. The lowest BCUT2D eigenvalue weighted by Gasteiger charge is -2.15. The van der Waals surface area contributed by atoms with Crippen LogP contribution in [0.1, 0.15) is 24.2 Å². The van der Waals surface area contributed by atoms with Crippen molar-refractivity contribution in [1.29, 1.82) is 0 Å². The highest BCUT2D eigenvalue weighted by Gasteiger charge is 2.14. The average Bonchev–Trinajstić information content (AvgIpc) is 2.40. The molecule has 0 amide bonds. The molecule has 2 N–H and O–H groups in total. The maximum Gasteiger partial charge on any atom is 0.141 e. The highest BCUT2D eigenvalue weighted by atomic mass is 19.1. The van der Waals surface area contributed by atoms with E-state index in [4.69, 9.17) is 10.5 Å². The number of rotatable bonds is 4. The van der Waals surface area contributed by atoms with E-state index in [1.807, 2.05) is 31.2 Å². The molecular formula is C14H15FN2O. The van der Waals surface area contributed by atoms with Crippen molar-refractivity contribution in [3.8, 4) is 5.75 Å². The van der Waals surface area contributed by atoms with Gasteiger partial charge in [-0.2, -0.15) is 0 Å². The van der Waals surface area contributed by atoms with Crippen LogP contribution in [0.5, 0.6) is 5.75 Å². The predicted octanol–water partition coefficient (Wildman–Crippen LogP) is 2.67. The zero-order valence-corrected chi connectivity index (χ0v) is 10.1. The Morgan fingerprint density at radius 1 is 1.28 bits per heavy atom. The van der Waals surface area contributed by atoms with Crippen LogP contribution in [0.15, 0.2) is 42.6 Å². The zero-order valence-electron chi connectivity index (χ0n) is 10.1. The van der Waals surface area contributed by atoms with Gasteiger partial charge in [0.1, 0.15) is 11.6 Å². The first kappa shape index (κ1) is 12.5. The Morgan fingerprint density at radius 2 is 2.06 bits per heavy atom. The molecular weight excluding hydrogens is 231 g/mol. The molecule has 2 aromatic rings. The van der Waals surface area contributed by atoms with E-state index in [1.54, 1.807) is 6.07 Å². The summed E-state index contributed by atoms with van der Waals surface area (Å²) in [6.45, 7) is 2.49. The molecule has 1 aromatic carbocycles. The van der Waals surface area contributed by atoms with Crippen molar-refractivity contribution in [2.45, 2.75) is 13.0 Å². The minimum atomic E-state index is -0.423. The molecule has 1 atom stereocenters. The normalized spacial score (nSPS) is 12.2. The number of nitrogens with two attached hydrogens (primary N) is 1. The van der Waals surface area contributed by atoms with Gasteiger partial charge in [-0.3, -0.25) is 4.98 Å². The second-order valence-electron chi connectivity index (χ2n) is 3.85. The summed E-state index contributed by atoms with van der Waals surface area (Å²) in [4.78, 5) is 4.00. The summed E-state index contributed by atoms with van der Waals surface area (Å²) < 4.78 is 18.3. The molecule has 0 aliphatic rings. The van der Waals surface area contributed by atoms with Crippen LogP contribution >= 0.6 is 0 Å². The maximum atomic E-state index is 12.8. The Balaban J connectivity index is 2.33. The van der Waals surface area contributed by atoms with Crippen molar-refractivity contribution in [2.24, 2.45) is 5.73 Å². The third kappa shape index (κ3) is 2.65. The van der Waals surface area contributed by atoms with Gasteiger partial charge >= 0.3 is 0 Å². The summed E-state index contributed by atoms with van der Waals surface area (Å²) in [6, 6.07) is 10.0. The van der Waals surface area contributed by atoms with Crippen LogP contribution in [0.2, 0.25) is 0 Å². The lowest BCUT2D eigenvalue weighted by Crippen LogP contribution is -2.15. The molecule has 0 spiro atoms. The Labute approximate surface area is 105 Å². The smallest absolute Gasteiger partial charge is 0.141 e. The summed E-state index contributed by atoms with van der Waals surface area (Å²) in [7, 11) is 0. The van der Waals surface area contributed by atoms with Crippen molar-refractivity contribution in [2.75, 3.05) is 6.61 Å². The van der Waals surface area contributed by atoms with Crippen molar-refractivity contribution in [3.05, 3.63) is 59.7 Å². The number of halogens is 1. The summed E-state index contributed by atoms with van der Waals surface area (Å²) in [5.41, 5.74) is 7.59. The number of benzene rings is 1. The third-order valence-electron chi connectivity index (χ3n) is 2.62. The number of hydrogen-bond acceptors (Lipinski definition) is 3. The number of ether oxygens (including phenoxy) is 1. The van der Waals surface area contributed by atoms with Crippen LogP contribution in [0.4, 0.5) is 4.39 Å². The zero-order chi connectivity index (χ0) is 13.0. The van der Waals surface area contributed by atoms with E-state index in [9.17, 15) is 4.39 Å². The van der Waals surface area contributed by atoms with Gasteiger partial charge in [0, 0.05) is 5.56 Å². The molecule has 1 aromatic heterocycles. The molecule has 0 fully saturated rings. The number of hydrogen-bond donors (Lipinski definition) is 1. The Hall–Kier alpha value is -1.94. The van der Waals surface area contributed by atoms with Crippen LogP contribution in [-0.4, -0.2) is 11.6 Å². The van der Waals surface area contributed by atoms with Gasteiger partial charge in [-0.1, -0.05) is 18.2 Å². The second kappa shape index (κ2) is 5.60. The van der Waals surface area contributed by atoms with E-state index in [0.717, 1.165) is 11.3 Å². The number of aromatic nitrogens is 1. The molecule has 94 valence electrons. The lowest BCUT2D eigenvalue weighted by molar-refractivity contribution is 0.335. The quantitative estimate of drug-likeness (QED) is 0.902. The van der Waals surface area contributed by atoms with Crippen molar-refractivity contribution < 1.29 is 9.13 Å². The van der Waals surface area contributed by atoms with Gasteiger partial charge in [-0.05, 0) is 25.1 Å². The highest BCUT2D eigenvalue weighted by molar-refractivity contribution is 5.39. The summed E-state index contributed by atoms with van der Waals surface area (Å²) in [6.07, 6.45) is 1.17. The molecule has 3 nitrogen and oxygen atoms in total. The van der Waals surface area contributed by atoms with Crippen molar-refractivity contribution in [1.82, 2.24) is 4.98 Å². The summed E-state index contributed by atoms with van der Waals surface area (Å²) >= 11 is 0. The third-order valence-corrected chi connectivity index (χ3v) is 2.62. The number of nitrogens with zero attached hydrogens (tertiary/aromatic N) is 1. The monoisotopic (exact) mass is 246 g/mol. The number of para-hydroxylation sites is 1. The Morgan fingerprint density at radius 3 is 2.72 bits per heavy atom. The molecule has 0 aliphatic heterocycles. The van der Waals surface area contributed by atoms with Gasteiger partial charge in [0.2, 0.25) is 0 Å². The molecule has 0 saturated heterocycles. The van der Waals surface area contributed by atoms with Crippen molar-refractivity contribution in [3.63, 3.8) is 0 Å². The highest BCUT2D eigenvalue weighted by Crippen LogP contribution is 2.27. The summed E-state index contributed by atoms with van der Waals surface area (Å²) in [5, 5.41) is 0. The van der Waals surface area contributed by atoms with Crippen LogP contribution in [0, 0.1) is 5.82 Å². The fourth-order valence-electron chi connectivity index (χ4n) is 1.75. The van der Waals surface area contributed by atoms with Gasteiger partial charge in [0.25, 0.3) is 0 Å². The van der Waals surface area contributed by atoms with Gasteiger partial charge in [-0.25, -0.2) is 4.39 Å². The van der Waals surface area contributed by atoms with Gasteiger partial charge < -0.3 is 10.5 Å². The number of pyridine rings is 1. The molecule has 0 radical (unpaired) electrons. The molecule has 1 unspecified atom stereocenters. The molecule has 0 aliphatic carbocycles. The van der Waals surface area contributed by atoms with E-state index in [1.165, 1.54) is 12.3 Å². The first-order valence-electron chi connectivity index (χ1n) is 5.81. The minimum absolute atomic E-state index is 0.371. The van der Waals surface area contributed by atoms with Gasteiger partial charge in [0.05, 0.1) is 24.5 Å². The minimum Gasteiger partial charge on any atom is -0.494 e. The molecule has 18 heavy (non-hydrogen) atoms. The standard InChI is InChI=1S/C14H15FN2O/c1-2-18-13-6-4-3-5-11(13)14(16)12-8-7-10(15)9-17-12/h3-9,14H,2,16H2,1H3. The fourth-order valence-corrected chi connectivity index (χ4v) is 1.75. The first-order chi connectivity index (χ1) is 8.72. The van der Waals surface area contributed by atoms with E-state index < -0.39 is 6.04 Å². The Kier molecular flexibility index (Phi) is 3.89. The van der Waals surface area contributed by atoms with Gasteiger partial charge in [0.15, 0.2) is 0 Å². The molecule has 4 heteroatoms.